The first-order chi connectivity index (χ1) is 14.7. The van der Waals surface area contributed by atoms with Crippen LogP contribution in [0.1, 0.15) is 51.3 Å². The van der Waals surface area contributed by atoms with Gasteiger partial charge in [0.1, 0.15) is 28.5 Å². The molecule has 0 amide bonds. The fourth-order valence-electron chi connectivity index (χ4n) is 3.78. The number of Topliss-reactive ketones (excluding diaryl/α,β-unsaturated/α-hetero) is 1. The third kappa shape index (κ3) is 4.50. The molecule has 172 valence electrons. The van der Waals surface area contributed by atoms with E-state index >= 15 is 0 Å². The normalized spacial score (nSPS) is 18.1. The highest BCUT2D eigenvalue weighted by atomic mass is 35.5. The number of carbonyl (C=O) groups excluding carboxylic acids is 1. The largest absolute Gasteiger partial charge is 0.508 e. The summed E-state index contributed by atoms with van der Waals surface area (Å²) in [5.41, 5.74) is -1.79. The number of hydrogen-bond acceptors (Lipinski definition) is 4. The van der Waals surface area contributed by atoms with Gasteiger partial charge in [-0.1, -0.05) is 24.6 Å². The minimum Gasteiger partial charge on any atom is -0.508 e. The van der Waals surface area contributed by atoms with Crippen molar-refractivity contribution in [2.24, 2.45) is 0 Å². The van der Waals surface area contributed by atoms with Crippen LogP contribution in [0.5, 0.6) is 11.5 Å². The molecule has 1 aliphatic rings. The monoisotopic (exact) mass is 468 g/mol. The van der Waals surface area contributed by atoms with Crippen LogP contribution >= 0.6 is 11.6 Å². The van der Waals surface area contributed by atoms with Gasteiger partial charge in [-0.05, 0) is 69.5 Å². The number of benzene rings is 2. The van der Waals surface area contributed by atoms with Crippen molar-refractivity contribution in [1.29, 1.82) is 0 Å². The summed E-state index contributed by atoms with van der Waals surface area (Å²) in [6.45, 7) is 8.53. The molecule has 0 saturated carbocycles. The molecule has 1 N–H and O–H groups in total. The number of rotatable bonds is 4. The van der Waals surface area contributed by atoms with Gasteiger partial charge in [-0.15, -0.1) is 0 Å². The van der Waals surface area contributed by atoms with Crippen LogP contribution < -0.4 is 4.74 Å². The molecule has 32 heavy (non-hydrogen) atoms. The Balaban J connectivity index is 2.07. The SMILES string of the molecule is CCc1ccc(Oc2ccc(C(F)(F)F)c(Cl)c2)cc1C1=C(O)C(C)(C)OC(C)(C)C1=O. The summed E-state index contributed by atoms with van der Waals surface area (Å²) in [4.78, 5) is 13.2. The fourth-order valence-corrected chi connectivity index (χ4v) is 4.06. The lowest BCUT2D eigenvalue weighted by Gasteiger charge is -2.40. The Morgan fingerprint density at radius 1 is 1.03 bits per heavy atom. The van der Waals surface area contributed by atoms with Gasteiger partial charge in [0.25, 0.3) is 0 Å². The van der Waals surface area contributed by atoms with E-state index < -0.39 is 28.0 Å². The average Bonchev–Trinajstić information content (AvgIpc) is 2.65. The van der Waals surface area contributed by atoms with E-state index in [9.17, 15) is 23.1 Å². The molecule has 0 spiro atoms. The van der Waals surface area contributed by atoms with Gasteiger partial charge in [-0.25, -0.2) is 0 Å². The lowest BCUT2D eigenvalue weighted by Crippen LogP contribution is -2.49. The molecule has 4 nitrogen and oxygen atoms in total. The molecule has 8 heteroatoms. The molecule has 1 heterocycles. The third-order valence-electron chi connectivity index (χ3n) is 5.30. The second-order valence-corrected chi connectivity index (χ2v) is 9.00. The average molecular weight is 469 g/mol. The summed E-state index contributed by atoms with van der Waals surface area (Å²) >= 11 is 5.78. The van der Waals surface area contributed by atoms with Crippen molar-refractivity contribution in [3.63, 3.8) is 0 Å². The topological polar surface area (TPSA) is 55.8 Å². The third-order valence-corrected chi connectivity index (χ3v) is 5.62. The van der Waals surface area contributed by atoms with Crippen LogP contribution in [0.15, 0.2) is 42.2 Å². The van der Waals surface area contributed by atoms with Gasteiger partial charge in [0.15, 0.2) is 5.78 Å². The van der Waals surface area contributed by atoms with E-state index in [1.165, 1.54) is 6.07 Å². The molecular weight excluding hydrogens is 445 g/mol. The van der Waals surface area contributed by atoms with Crippen LogP contribution in [-0.4, -0.2) is 22.1 Å². The maximum atomic E-state index is 13.2. The Morgan fingerprint density at radius 3 is 2.19 bits per heavy atom. The molecule has 0 saturated heterocycles. The van der Waals surface area contributed by atoms with E-state index in [1.807, 2.05) is 6.92 Å². The Bertz CT molecular complexity index is 1100. The first-order valence-corrected chi connectivity index (χ1v) is 10.4. The molecule has 0 bridgehead atoms. The zero-order valence-corrected chi connectivity index (χ0v) is 19.1. The van der Waals surface area contributed by atoms with Crippen LogP contribution in [0.4, 0.5) is 13.2 Å². The summed E-state index contributed by atoms with van der Waals surface area (Å²) < 4.78 is 50.4. The maximum Gasteiger partial charge on any atom is 0.417 e. The highest BCUT2D eigenvalue weighted by Crippen LogP contribution is 2.42. The molecular formula is C24H24ClF3O4. The second-order valence-electron chi connectivity index (χ2n) is 8.59. The van der Waals surface area contributed by atoms with Crippen LogP contribution in [0.2, 0.25) is 5.02 Å². The lowest BCUT2D eigenvalue weighted by atomic mass is 9.81. The highest BCUT2D eigenvalue weighted by molar-refractivity contribution is 6.31. The van der Waals surface area contributed by atoms with Gasteiger partial charge >= 0.3 is 6.18 Å². The van der Waals surface area contributed by atoms with Gasteiger partial charge in [-0.3, -0.25) is 4.79 Å². The van der Waals surface area contributed by atoms with Crippen LogP contribution in [0.3, 0.4) is 0 Å². The van der Waals surface area contributed by atoms with E-state index in [0.29, 0.717) is 12.0 Å². The zero-order valence-electron chi connectivity index (χ0n) is 18.4. The predicted molar refractivity (Wildman–Crippen MR) is 116 cm³/mol. The Morgan fingerprint density at radius 2 is 1.62 bits per heavy atom. The molecule has 0 unspecified atom stereocenters. The number of ether oxygens (including phenoxy) is 2. The smallest absolute Gasteiger partial charge is 0.417 e. The van der Waals surface area contributed by atoms with Crippen molar-refractivity contribution in [3.05, 3.63) is 63.9 Å². The summed E-state index contributed by atoms with van der Waals surface area (Å²) in [5.74, 6) is -0.177. The predicted octanol–water partition coefficient (Wildman–Crippen LogP) is 7.14. The number of aliphatic hydroxyl groups is 1. The van der Waals surface area contributed by atoms with Crippen molar-refractivity contribution in [3.8, 4) is 11.5 Å². The number of halogens is 4. The summed E-state index contributed by atoms with van der Waals surface area (Å²) in [6.07, 6.45) is -3.99. The Hall–Kier alpha value is -2.51. The van der Waals surface area contributed by atoms with Crippen LogP contribution in [-0.2, 0) is 22.1 Å². The van der Waals surface area contributed by atoms with Gasteiger partial charge in [0.2, 0.25) is 0 Å². The standard InChI is InChI=1S/C24H24ClF3O4/c1-6-13-7-8-14(31-15-9-10-17(18(25)12-15)24(26,27)28)11-16(13)19-20(29)22(2,3)32-23(4,5)21(19)30/h7-12,29H,6H2,1-5H3. The summed E-state index contributed by atoms with van der Waals surface area (Å²) in [6, 6.07) is 8.09. The minimum atomic E-state index is -4.57. The van der Waals surface area contributed by atoms with Crippen molar-refractivity contribution in [1.82, 2.24) is 0 Å². The molecule has 0 radical (unpaired) electrons. The molecule has 3 rings (SSSR count). The van der Waals surface area contributed by atoms with E-state index in [4.69, 9.17) is 21.1 Å². The number of alkyl halides is 3. The van der Waals surface area contributed by atoms with Crippen molar-refractivity contribution in [2.75, 3.05) is 0 Å². The summed E-state index contributed by atoms with van der Waals surface area (Å²) in [5, 5.41) is 10.4. The first-order valence-electron chi connectivity index (χ1n) is 10.0. The Kier molecular flexibility index (Phi) is 6.13. The number of carbonyl (C=O) groups is 1. The van der Waals surface area contributed by atoms with Crippen molar-refractivity contribution in [2.45, 2.75) is 58.4 Å². The number of aliphatic hydroxyl groups excluding tert-OH is 1. The van der Waals surface area contributed by atoms with Crippen molar-refractivity contribution >= 4 is 23.0 Å². The first kappa shape index (κ1) is 24.1. The van der Waals surface area contributed by atoms with Gasteiger partial charge in [-0.2, -0.15) is 13.2 Å². The van der Waals surface area contributed by atoms with Crippen LogP contribution in [0.25, 0.3) is 5.57 Å². The number of aryl methyl sites for hydroxylation is 1. The minimum absolute atomic E-state index is 0.107. The zero-order chi connectivity index (χ0) is 24.1. The molecule has 1 aliphatic heterocycles. The van der Waals surface area contributed by atoms with E-state index in [-0.39, 0.29) is 28.6 Å². The molecule has 0 fully saturated rings. The fraction of sp³-hybridized carbons (Fsp3) is 0.375. The Labute approximate surface area is 189 Å². The molecule has 2 aromatic carbocycles. The highest BCUT2D eigenvalue weighted by Gasteiger charge is 2.47. The molecule has 0 atom stereocenters. The lowest BCUT2D eigenvalue weighted by molar-refractivity contribution is -0.158. The van der Waals surface area contributed by atoms with E-state index in [1.54, 1.807) is 45.9 Å². The molecule has 0 aliphatic carbocycles. The second kappa shape index (κ2) is 8.12. The molecule has 2 aromatic rings. The van der Waals surface area contributed by atoms with E-state index in [0.717, 1.165) is 17.7 Å². The van der Waals surface area contributed by atoms with Crippen LogP contribution in [0, 0.1) is 0 Å². The quantitative estimate of drug-likeness (QED) is 0.518. The van der Waals surface area contributed by atoms with E-state index in [2.05, 4.69) is 0 Å². The molecule has 0 aromatic heterocycles. The van der Waals surface area contributed by atoms with Gasteiger partial charge in [0, 0.05) is 6.07 Å². The maximum absolute atomic E-state index is 13.2. The van der Waals surface area contributed by atoms with Gasteiger partial charge < -0.3 is 14.6 Å². The number of ketones is 1. The van der Waals surface area contributed by atoms with Crippen molar-refractivity contribution < 1.29 is 32.5 Å². The number of hydrogen-bond donors (Lipinski definition) is 1. The van der Waals surface area contributed by atoms with Gasteiger partial charge in [0.05, 0.1) is 16.2 Å². The summed E-state index contributed by atoms with van der Waals surface area (Å²) in [7, 11) is 0.